The fraction of sp³-hybridized carbons (Fsp3) is 0.467. The molecule has 0 saturated heterocycles. The molecule has 2 atom stereocenters. The number of methoxy groups -OCH3 is 2. The fourth-order valence-corrected chi connectivity index (χ4v) is 2.25. The number of hydrogen-bond acceptors (Lipinski definition) is 4. The van der Waals surface area contributed by atoms with Crippen molar-refractivity contribution in [1.29, 1.82) is 0 Å². The van der Waals surface area contributed by atoms with E-state index in [-0.39, 0.29) is 0 Å². The third kappa shape index (κ3) is 4.65. The van der Waals surface area contributed by atoms with Crippen LogP contribution in [0.1, 0.15) is 12.0 Å². The van der Waals surface area contributed by atoms with Crippen LogP contribution in [-0.2, 0) is 24.7 Å². The first kappa shape index (κ1) is 21.7. The molecule has 0 heterocycles. The second-order valence-corrected chi connectivity index (χ2v) is 5.12. The minimum absolute atomic E-state index is 0.580. The molecule has 0 saturated carbocycles. The Labute approximate surface area is 144 Å². The van der Waals surface area contributed by atoms with E-state index in [1.165, 1.54) is 23.5 Å². The summed E-state index contributed by atoms with van der Waals surface area (Å²) < 4.78 is 87.2. The van der Waals surface area contributed by atoms with Crippen LogP contribution in [0.5, 0.6) is 0 Å². The van der Waals surface area contributed by atoms with E-state index in [0.29, 0.717) is 7.11 Å². The van der Waals surface area contributed by atoms with Crippen molar-refractivity contribution in [2.75, 3.05) is 14.2 Å². The maximum atomic E-state index is 13.7. The molecule has 1 N–H and O–H groups in total. The van der Waals surface area contributed by atoms with Gasteiger partial charge in [0.2, 0.25) is 0 Å². The van der Waals surface area contributed by atoms with Gasteiger partial charge in [-0.3, -0.25) is 4.79 Å². The normalized spacial score (nSPS) is 15.7. The van der Waals surface area contributed by atoms with Gasteiger partial charge in [-0.2, -0.15) is 26.3 Å². The van der Waals surface area contributed by atoms with Crippen LogP contribution in [0.25, 0.3) is 0 Å². The van der Waals surface area contributed by atoms with Gasteiger partial charge < -0.3 is 14.8 Å². The Kier molecular flexibility index (Phi) is 6.64. The number of amides is 1. The summed E-state index contributed by atoms with van der Waals surface area (Å²) in [6, 6.07) is 3.23. The topological polar surface area (TPSA) is 64.6 Å². The van der Waals surface area contributed by atoms with Gasteiger partial charge in [0, 0.05) is 12.7 Å². The first-order chi connectivity index (χ1) is 11.9. The van der Waals surface area contributed by atoms with Crippen LogP contribution >= 0.6 is 0 Å². The highest BCUT2D eigenvalue weighted by atomic mass is 19.4. The van der Waals surface area contributed by atoms with Gasteiger partial charge in [0.25, 0.3) is 11.5 Å². The van der Waals surface area contributed by atoms with Crippen molar-refractivity contribution in [3.8, 4) is 0 Å². The van der Waals surface area contributed by atoms with E-state index in [1.54, 1.807) is 0 Å². The summed E-state index contributed by atoms with van der Waals surface area (Å²) in [4.78, 5) is 23.8. The molecule has 1 amide bonds. The summed E-state index contributed by atoms with van der Waals surface area (Å²) in [7, 11) is 1.32. The van der Waals surface area contributed by atoms with E-state index >= 15 is 0 Å². The van der Waals surface area contributed by atoms with Gasteiger partial charge in [0.1, 0.15) is 6.04 Å². The zero-order valence-electron chi connectivity index (χ0n) is 13.6. The molecule has 0 spiro atoms. The molecule has 0 fully saturated rings. The van der Waals surface area contributed by atoms with Crippen LogP contribution < -0.4 is 5.32 Å². The standard InChI is InChI=1S/C15H15F6NO4/c1-25-11(23)10(8-13(16,17)18)22-12(24)14(26-2,15(19,20)21)9-6-4-3-5-7-9/h3-7,10H,8H2,1-2H3,(H,22,24)/t10-,14+/m0/s1. The van der Waals surface area contributed by atoms with Crippen molar-refractivity contribution >= 4 is 11.9 Å². The van der Waals surface area contributed by atoms with Crippen molar-refractivity contribution in [2.45, 2.75) is 30.4 Å². The first-order valence-electron chi connectivity index (χ1n) is 7.02. The largest absolute Gasteiger partial charge is 0.467 e. The SMILES string of the molecule is COC(=O)[C@H](CC(F)(F)F)NC(=O)[C@](OC)(c1ccccc1)C(F)(F)F. The Hall–Kier alpha value is -2.30. The van der Waals surface area contributed by atoms with Crippen LogP contribution in [0, 0.1) is 0 Å². The highest BCUT2D eigenvalue weighted by molar-refractivity contribution is 5.91. The molecule has 146 valence electrons. The Morgan fingerprint density at radius 2 is 1.58 bits per heavy atom. The predicted molar refractivity (Wildman–Crippen MR) is 75.8 cm³/mol. The monoisotopic (exact) mass is 387 g/mol. The molecule has 0 aliphatic heterocycles. The van der Waals surface area contributed by atoms with Gasteiger partial charge >= 0.3 is 18.3 Å². The van der Waals surface area contributed by atoms with E-state index in [9.17, 15) is 35.9 Å². The van der Waals surface area contributed by atoms with Crippen LogP contribution in [0.4, 0.5) is 26.3 Å². The summed E-state index contributed by atoms with van der Waals surface area (Å²) in [5.41, 5.74) is -4.27. The van der Waals surface area contributed by atoms with E-state index in [4.69, 9.17) is 0 Å². The molecule has 1 aromatic carbocycles. The maximum absolute atomic E-state index is 13.7. The average Bonchev–Trinajstić information content (AvgIpc) is 2.53. The Morgan fingerprint density at radius 3 is 1.96 bits per heavy atom. The maximum Gasteiger partial charge on any atom is 0.430 e. The molecule has 1 rings (SSSR count). The lowest BCUT2D eigenvalue weighted by Gasteiger charge is -2.34. The summed E-state index contributed by atoms with van der Waals surface area (Å²) in [6.45, 7) is 0. The number of carbonyl (C=O) groups excluding carboxylic acids is 2. The van der Waals surface area contributed by atoms with Crippen molar-refractivity contribution in [2.24, 2.45) is 0 Å². The summed E-state index contributed by atoms with van der Waals surface area (Å²) in [6.07, 6.45) is -12.2. The van der Waals surface area contributed by atoms with Crippen LogP contribution in [0.2, 0.25) is 0 Å². The van der Waals surface area contributed by atoms with Crippen molar-refractivity contribution in [1.82, 2.24) is 5.32 Å². The summed E-state index contributed by atoms with van der Waals surface area (Å²) >= 11 is 0. The van der Waals surface area contributed by atoms with E-state index in [1.807, 2.05) is 0 Å². The minimum atomic E-state index is -5.33. The highest BCUT2D eigenvalue weighted by Gasteiger charge is 2.63. The van der Waals surface area contributed by atoms with Crippen LogP contribution in [0.3, 0.4) is 0 Å². The quantitative estimate of drug-likeness (QED) is 0.602. The van der Waals surface area contributed by atoms with Crippen molar-refractivity contribution in [3.63, 3.8) is 0 Å². The van der Waals surface area contributed by atoms with Crippen LogP contribution in [-0.4, -0.2) is 44.5 Å². The lowest BCUT2D eigenvalue weighted by Crippen LogP contribution is -2.59. The lowest BCUT2D eigenvalue weighted by molar-refractivity contribution is -0.266. The molecule has 5 nitrogen and oxygen atoms in total. The minimum Gasteiger partial charge on any atom is -0.467 e. The van der Waals surface area contributed by atoms with E-state index in [0.717, 1.165) is 19.2 Å². The second kappa shape index (κ2) is 7.94. The van der Waals surface area contributed by atoms with Gasteiger partial charge in [-0.1, -0.05) is 30.3 Å². The van der Waals surface area contributed by atoms with Crippen molar-refractivity contribution < 1.29 is 45.4 Å². The number of nitrogens with one attached hydrogen (secondary N) is 1. The summed E-state index contributed by atoms with van der Waals surface area (Å²) in [5, 5.41) is 1.44. The molecular weight excluding hydrogens is 372 g/mol. The number of hydrogen-bond donors (Lipinski definition) is 1. The zero-order valence-corrected chi connectivity index (χ0v) is 13.6. The molecule has 0 aliphatic carbocycles. The third-order valence-electron chi connectivity index (χ3n) is 3.43. The highest BCUT2D eigenvalue weighted by Crippen LogP contribution is 2.42. The van der Waals surface area contributed by atoms with Crippen LogP contribution in [0.15, 0.2) is 30.3 Å². The number of carbonyl (C=O) groups is 2. The number of alkyl halides is 6. The molecule has 1 aromatic rings. The van der Waals surface area contributed by atoms with Gasteiger partial charge in [0.05, 0.1) is 13.5 Å². The number of halogens is 6. The summed E-state index contributed by atoms with van der Waals surface area (Å²) in [5.74, 6) is -3.52. The number of rotatable bonds is 6. The lowest BCUT2D eigenvalue weighted by atomic mass is 9.91. The molecular formula is C15H15F6NO4. The Bertz CT molecular complexity index is 631. The second-order valence-electron chi connectivity index (χ2n) is 5.12. The predicted octanol–water partition coefficient (Wildman–Crippen LogP) is 2.70. The molecule has 0 bridgehead atoms. The molecule has 11 heteroatoms. The first-order valence-corrected chi connectivity index (χ1v) is 7.02. The third-order valence-corrected chi connectivity index (χ3v) is 3.43. The number of esters is 1. The number of ether oxygens (including phenoxy) is 2. The van der Waals surface area contributed by atoms with Gasteiger partial charge in [0.15, 0.2) is 0 Å². The van der Waals surface area contributed by atoms with Gasteiger partial charge in [-0.25, -0.2) is 4.79 Å². The molecule has 0 aliphatic rings. The molecule has 0 unspecified atom stereocenters. The van der Waals surface area contributed by atoms with Gasteiger partial charge in [-0.05, 0) is 0 Å². The van der Waals surface area contributed by atoms with E-state index in [2.05, 4.69) is 9.47 Å². The fourth-order valence-electron chi connectivity index (χ4n) is 2.25. The van der Waals surface area contributed by atoms with E-state index < -0.39 is 47.9 Å². The smallest absolute Gasteiger partial charge is 0.430 e. The Morgan fingerprint density at radius 1 is 1.04 bits per heavy atom. The molecule has 0 radical (unpaired) electrons. The average molecular weight is 387 g/mol. The number of benzene rings is 1. The molecule has 0 aromatic heterocycles. The Balaban J connectivity index is 3.34. The van der Waals surface area contributed by atoms with Crippen molar-refractivity contribution in [3.05, 3.63) is 35.9 Å². The zero-order chi connectivity index (χ0) is 20.2. The van der Waals surface area contributed by atoms with Gasteiger partial charge in [-0.15, -0.1) is 0 Å². The molecule has 26 heavy (non-hydrogen) atoms.